The number of anilines is 2. The normalized spacial score (nSPS) is 10.9. The smallest absolute Gasteiger partial charge is 0.229 e. The summed E-state index contributed by atoms with van der Waals surface area (Å²) in [5, 5.41) is 15.7. The monoisotopic (exact) mass is 396 g/mol. The van der Waals surface area contributed by atoms with E-state index in [1.807, 2.05) is 17.8 Å². The summed E-state index contributed by atoms with van der Waals surface area (Å²) in [6, 6.07) is 3.55. The maximum atomic E-state index is 5.42. The third-order valence-corrected chi connectivity index (χ3v) is 4.30. The Hall–Kier alpha value is -3.89. The quantitative estimate of drug-likeness (QED) is 0.502. The van der Waals surface area contributed by atoms with Crippen LogP contribution in [0.25, 0.3) is 16.9 Å². The predicted molar refractivity (Wildman–Crippen MR) is 105 cm³/mol. The SMILES string of the molecule is CCn1cc(Nc2ncc3nnn(-c4cc(OC)c(OC)c(OC)c4)c3n2)cn1. The van der Waals surface area contributed by atoms with Gasteiger partial charge in [-0.15, -0.1) is 5.10 Å². The van der Waals surface area contributed by atoms with Crippen molar-refractivity contribution in [3.05, 3.63) is 30.7 Å². The Balaban J connectivity index is 1.76. The number of hydrogen-bond donors (Lipinski definition) is 1. The van der Waals surface area contributed by atoms with Gasteiger partial charge in [0.05, 0.1) is 45.1 Å². The molecule has 0 aliphatic carbocycles. The molecule has 4 aromatic rings. The summed E-state index contributed by atoms with van der Waals surface area (Å²) in [6.07, 6.45) is 5.20. The van der Waals surface area contributed by atoms with E-state index >= 15 is 0 Å². The zero-order chi connectivity index (χ0) is 20.4. The molecule has 1 aromatic carbocycles. The van der Waals surface area contributed by atoms with Crippen molar-refractivity contribution >= 4 is 22.8 Å². The summed E-state index contributed by atoms with van der Waals surface area (Å²) in [5.74, 6) is 1.91. The van der Waals surface area contributed by atoms with E-state index in [0.717, 1.165) is 12.2 Å². The molecule has 0 aliphatic heterocycles. The lowest BCUT2D eigenvalue weighted by Gasteiger charge is -2.14. The predicted octanol–water partition coefficient (Wildman–Crippen LogP) is 2.20. The molecule has 0 saturated carbocycles. The van der Waals surface area contributed by atoms with Crippen molar-refractivity contribution in [2.45, 2.75) is 13.5 Å². The zero-order valence-electron chi connectivity index (χ0n) is 16.4. The third-order valence-electron chi connectivity index (χ3n) is 4.30. The van der Waals surface area contributed by atoms with E-state index in [0.29, 0.717) is 40.0 Å². The number of aromatic nitrogens is 7. The van der Waals surface area contributed by atoms with E-state index in [4.69, 9.17) is 14.2 Å². The van der Waals surface area contributed by atoms with Gasteiger partial charge in [0.25, 0.3) is 0 Å². The number of ether oxygens (including phenoxy) is 3. The maximum absolute atomic E-state index is 5.42. The lowest BCUT2D eigenvalue weighted by Crippen LogP contribution is -2.03. The van der Waals surface area contributed by atoms with Crippen LogP contribution in [0.1, 0.15) is 6.92 Å². The van der Waals surface area contributed by atoms with Crippen molar-refractivity contribution in [1.82, 2.24) is 34.7 Å². The summed E-state index contributed by atoms with van der Waals surface area (Å²) >= 11 is 0. The van der Waals surface area contributed by atoms with E-state index in [1.54, 1.807) is 50.5 Å². The molecule has 1 N–H and O–H groups in total. The molecule has 0 atom stereocenters. The average molecular weight is 396 g/mol. The molecular weight excluding hydrogens is 376 g/mol. The molecule has 0 radical (unpaired) electrons. The highest BCUT2D eigenvalue weighted by molar-refractivity contribution is 5.73. The Bertz CT molecular complexity index is 1130. The molecule has 29 heavy (non-hydrogen) atoms. The standard InChI is InChI=1S/C18H20N8O3/c1-5-25-10-11(8-20-25)21-18-19-9-13-17(22-18)26(24-23-13)12-6-14(27-2)16(29-4)15(7-12)28-3/h6-10H,5H2,1-4H3,(H,19,21,22). The Morgan fingerprint density at radius 2 is 1.79 bits per heavy atom. The molecule has 0 amide bonds. The van der Waals surface area contributed by atoms with Crippen LogP contribution in [0.4, 0.5) is 11.6 Å². The van der Waals surface area contributed by atoms with Crippen LogP contribution >= 0.6 is 0 Å². The first kappa shape index (κ1) is 18.5. The highest BCUT2D eigenvalue weighted by Gasteiger charge is 2.17. The zero-order valence-corrected chi connectivity index (χ0v) is 16.4. The molecule has 0 fully saturated rings. The van der Waals surface area contributed by atoms with Gasteiger partial charge in [-0.2, -0.15) is 14.8 Å². The number of methoxy groups -OCH3 is 3. The maximum Gasteiger partial charge on any atom is 0.229 e. The van der Waals surface area contributed by atoms with Crippen LogP contribution in [-0.4, -0.2) is 56.1 Å². The summed E-state index contributed by atoms with van der Waals surface area (Å²) in [5.41, 5.74) is 2.52. The molecule has 11 heteroatoms. The lowest BCUT2D eigenvalue weighted by molar-refractivity contribution is 0.324. The third kappa shape index (κ3) is 3.37. The molecule has 150 valence electrons. The summed E-state index contributed by atoms with van der Waals surface area (Å²) in [6.45, 7) is 2.79. The van der Waals surface area contributed by atoms with Crippen molar-refractivity contribution in [3.8, 4) is 22.9 Å². The number of nitrogens with zero attached hydrogens (tertiary/aromatic N) is 7. The van der Waals surface area contributed by atoms with Crippen molar-refractivity contribution in [2.75, 3.05) is 26.6 Å². The van der Waals surface area contributed by atoms with Crippen LogP contribution in [0.5, 0.6) is 17.2 Å². The molecule has 3 aromatic heterocycles. The van der Waals surface area contributed by atoms with Gasteiger partial charge in [-0.25, -0.2) is 4.98 Å². The Morgan fingerprint density at radius 3 is 2.41 bits per heavy atom. The van der Waals surface area contributed by atoms with Crippen molar-refractivity contribution in [1.29, 1.82) is 0 Å². The first-order valence-electron chi connectivity index (χ1n) is 8.85. The number of aryl methyl sites for hydroxylation is 1. The second-order valence-electron chi connectivity index (χ2n) is 6.00. The van der Waals surface area contributed by atoms with Crippen LogP contribution in [0.3, 0.4) is 0 Å². The fourth-order valence-corrected chi connectivity index (χ4v) is 2.88. The minimum atomic E-state index is 0.407. The van der Waals surface area contributed by atoms with Gasteiger partial charge in [0.15, 0.2) is 22.7 Å². The van der Waals surface area contributed by atoms with Gasteiger partial charge in [-0.3, -0.25) is 4.68 Å². The molecule has 0 spiro atoms. The summed E-state index contributed by atoms with van der Waals surface area (Å²) in [7, 11) is 4.67. The Labute approximate surface area is 166 Å². The largest absolute Gasteiger partial charge is 0.493 e. The molecular formula is C18H20N8O3. The second-order valence-corrected chi connectivity index (χ2v) is 6.00. The fraction of sp³-hybridized carbons (Fsp3) is 0.278. The highest BCUT2D eigenvalue weighted by Crippen LogP contribution is 2.39. The van der Waals surface area contributed by atoms with Crippen LogP contribution in [-0.2, 0) is 6.54 Å². The molecule has 4 rings (SSSR count). The molecule has 0 aliphatic rings. The van der Waals surface area contributed by atoms with Crippen molar-refractivity contribution in [3.63, 3.8) is 0 Å². The number of nitrogens with one attached hydrogen (secondary N) is 1. The number of rotatable bonds is 7. The molecule has 11 nitrogen and oxygen atoms in total. The van der Waals surface area contributed by atoms with Gasteiger partial charge in [0.2, 0.25) is 11.7 Å². The first-order valence-corrected chi connectivity index (χ1v) is 8.85. The van der Waals surface area contributed by atoms with Crippen LogP contribution in [0.15, 0.2) is 30.7 Å². The van der Waals surface area contributed by atoms with Gasteiger partial charge in [0, 0.05) is 24.9 Å². The van der Waals surface area contributed by atoms with Crippen LogP contribution < -0.4 is 19.5 Å². The van der Waals surface area contributed by atoms with Gasteiger partial charge >= 0.3 is 0 Å². The van der Waals surface area contributed by atoms with Gasteiger partial charge in [0.1, 0.15) is 0 Å². The van der Waals surface area contributed by atoms with Crippen LogP contribution in [0, 0.1) is 0 Å². The first-order chi connectivity index (χ1) is 14.2. The van der Waals surface area contributed by atoms with Gasteiger partial charge in [-0.05, 0) is 6.92 Å². The van der Waals surface area contributed by atoms with Gasteiger partial charge in [-0.1, -0.05) is 5.21 Å². The fourth-order valence-electron chi connectivity index (χ4n) is 2.88. The van der Waals surface area contributed by atoms with E-state index < -0.39 is 0 Å². The highest BCUT2D eigenvalue weighted by atomic mass is 16.5. The second kappa shape index (κ2) is 7.62. The topological polar surface area (TPSA) is 114 Å². The van der Waals surface area contributed by atoms with E-state index in [2.05, 4.69) is 30.7 Å². The summed E-state index contributed by atoms with van der Waals surface area (Å²) < 4.78 is 19.6. The summed E-state index contributed by atoms with van der Waals surface area (Å²) in [4.78, 5) is 8.86. The van der Waals surface area contributed by atoms with Crippen molar-refractivity contribution < 1.29 is 14.2 Å². The Morgan fingerprint density at radius 1 is 1.03 bits per heavy atom. The van der Waals surface area contributed by atoms with Crippen molar-refractivity contribution in [2.24, 2.45) is 0 Å². The lowest BCUT2D eigenvalue weighted by atomic mass is 10.2. The van der Waals surface area contributed by atoms with E-state index in [9.17, 15) is 0 Å². The number of fused-ring (bicyclic) bond motifs is 1. The van der Waals surface area contributed by atoms with Crippen LogP contribution in [0.2, 0.25) is 0 Å². The minimum absolute atomic E-state index is 0.407. The molecule has 0 bridgehead atoms. The molecule has 3 heterocycles. The molecule has 0 unspecified atom stereocenters. The molecule has 0 saturated heterocycles. The van der Waals surface area contributed by atoms with E-state index in [1.165, 1.54) is 0 Å². The Kier molecular flexibility index (Phi) is 4.85. The van der Waals surface area contributed by atoms with Gasteiger partial charge < -0.3 is 19.5 Å². The number of hydrogen-bond acceptors (Lipinski definition) is 9. The minimum Gasteiger partial charge on any atom is -0.493 e. The number of benzene rings is 1. The van der Waals surface area contributed by atoms with E-state index in [-0.39, 0.29) is 0 Å². The average Bonchev–Trinajstić information content (AvgIpc) is 3.39.